The summed E-state index contributed by atoms with van der Waals surface area (Å²) in [5.41, 5.74) is 1.79. The summed E-state index contributed by atoms with van der Waals surface area (Å²) in [5.74, 6) is 0.670. The van der Waals surface area contributed by atoms with Crippen molar-refractivity contribution in [1.29, 1.82) is 0 Å². The van der Waals surface area contributed by atoms with Gasteiger partial charge in [-0.05, 0) is 31.5 Å². The first kappa shape index (κ1) is 14.3. The van der Waals surface area contributed by atoms with Crippen molar-refractivity contribution in [3.63, 3.8) is 0 Å². The third-order valence-corrected chi connectivity index (χ3v) is 3.11. The number of nitrogens with zero attached hydrogens (tertiary/aromatic N) is 1. The van der Waals surface area contributed by atoms with E-state index in [1.807, 2.05) is 31.2 Å². The van der Waals surface area contributed by atoms with Crippen molar-refractivity contribution in [3.05, 3.63) is 64.1 Å². The van der Waals surface area contributed by atoms with Crippen LogP contribution in [0.25, 0.3) is 0 Å². The Kier molecular flexibility index (Phi) is 4.58. The van der Waals surface area contributed by atoms with Crippen molar-refractivity contribution in [2.75, 3.05) is 6.61 Å². The summed E-state index contributed by atoms with van der Waals surface area (Å²) in [5, 5.41) is 9.72. The van der Waals surface area contributed by atoms with Crippen molar-refractivity contribution >= 4 is 0 Å². The van der Waals surface area contributed by atoms with Crippen LogP contribution in [0.5, 0.6) is 5.75 Å². The zero-order valence-corrected chi connectivity index (χ0v) is 11.7. The monoisotopic (exact) mass is 273 g/mol. The van der Waals surface area contributed by atoms with Gasteiger partial charge in [0.1, 0.15) is 12.4 Å². The molecule has 0 aliphatic rings. The normalized spacial score (nSPS) is 12.2. The molecule has 0 fully saturated rings. The van der Waals surface area contributed by atoms with Gasteiger partial charge in [-0.25, -0.2) is 0 Å². The Morgan fingerprint density at radius 3 is 2.80 bits per heavy atom. The third kappa shape index (κ3) is 3.48. The maximum absolute atomic E-state index is 11.6. The minimum absolute atomic E-state index is 0.0453. The number of hydrogen-bond donors (Lipinski definition) is 1. The standard InChI is InChI=1S/C16H19NO3/c1-12-6-7-14(13(2)18)15(11-12)20-10-9-17-8-4-3-5-16(17)19/h3-8,11,13,18H,9-10H2,1-2H3/t13-/m1/s1. The molecule has 0 aliphatic heterocycles. The molecular weight excluding hydrogens is 254 g/mol. The van der Waals surface area contributed by atoms with Crippen LogP contribution in [0.1, 0.15) is 24.2 Å². The van der Waals surface area contributed by atoms with Crippen LogP contribution in [-0.2, 0) is 6.54 Å². The second-order valence-corrected chi connectivity index (χ2v) is 4.80. The molecule has 0 spiro atoms. The summed E-state index contributed by atoms with van der Waals surface area (Å²) in [6.45, 7) is 4.54. The van der Waals surface area contributed by atoms with E-state index in [2.05, 4.69) is 0 Å². The van der Waals surface area contributed by atoms with E-state index in [9.17, 15) is 9.90 Å². The highest BCUT2D eigenvalue weighted by Crippen LogP contribution is 2.26. The fourth-order valence-corrected chi connectivity index (χ4v) is 2.01. The van der Waals surface area contributed by atoms with Crippen molar-refractivity contribution in [1.82, 2.24) is 4.57 Å². The topological polar surface area (TPSA) is 51.5 Å². The Labute approximate surface area is 118 Å². The van der Waals surface area contributed by atoms with E-state index in [1.165, 1.54) is 6.07 Å². The van der Waals surface area contributed by atoms with Gasteiger partial charge < -0.3 is 14.4 Å². The van der Waals surface area contributed by atoms with Gasteiger partial charge in [0, 0.05) is 17.8 Å². The molecule has 1 atom stereocenters. The highest BCUT2D eigenvalue weighted by atomic mass is 16.5. The summed E-state index contributed by atoms with van der Waals surface area (Å²) in [7, 11) is 0. The van der Waals surface area contributed by atoms with Gasteiger partial charge in [0.2, 0.25) is 0 Å². The van der Waals surface area contributed by atoms with Gasteiger partial charge in [0.05, 0.1) is 12.6 Å². The molecule has 1 heterocycles. The zero-order chi connectivity index (χ0) is 14.5. The van der Waals surface area contributed by atoms with E-state index in [1.54, 1.807) is 23.8 Å². The van der Waals surface area contributed by atoms with Gasteiger partial charge in [-0.2, -0.15) is 0 Å². The van der Waals surface area contributed by atoms with E-state index in [4.69, 9.17) is 4.74 Å². The lowest BCUT2D eigenvalue weighted by Crippen LogP contribution is -2.21. The highest BCUT2D eigenvalue weighted by molar-refractivity contribution is 5.38. The smallest absolute Gasteiger partial charge is 0.250 e. The lowest BCUT2D eigenvalue weighted by atomic mass is 10.1. The first-order valence-electron chi connectivity index (χ1n) is 6.65. The van der Waals surface area contributed by atoms with Gasteiger partial charge in [-0.15, -0.1) is 0 Å². The van der Waals surface area contributed by atoms with Crippen molar-refractivity contribution in [2.24, 2.45) is 0 Å². The molecule has 1 aromatic heterocycles. The average molecular weight is 273 g/mol. The SMILES string of the molecule is Cc1ccc([C@@H](C)O)c(OCCn2ccccc2=O)c1. The van der Waals surface area contributed by atoms with Crippen LogP contribution >= 0.6 is 0 Å². The molecular formula is C16H19NO3. The van der Waals surface area contributed by atoms with E-state index in [0.717, 1.165) is 11.1 Å². The fraction of sp³-hybridized carbons (Fsp3) is 0.312. The Hall–Kier alpha value is -2.07. The van der Waals surface area contributed by atoms with E-state index in [0.29, 0.717) is 18.9 Å². The Morgan fingerprint density at radius 1 is 1.30 bits per heavy atom. The number of aromatic nitrogens is 1. The van der Waals surface area contributed by atoms with Crippen molar-refractivity contribution in [2.45, 2.75) is 26.5 Å². The van der Waals surface area contributed by atoms with E-state index >= 15 is 0 Å². The number of pyridine rings is 1. The lowest BCUT2D eigenvalue weighted by Gasteiger charge is -2.14. The Bertz CT molecular complexity index is 632. The van der Waals surface area contributed by atoms with Crippen molar-refractivity contribution < 1.29 is 9.84 Å². The first-order chi connectivity index (χ1) is 9.58. The van der Waals surface area contributed by atoms with E-state index < -0.39 is 6.10 Å². The van der Waals surface area contributed by atoms with Gasteiger partial charge in [0.25, 0.3) is 5.56 Å². The molecule has 1 N–H and O–H groups in total. The maximum atomic E-state index is 11.6. The average Bonchev–Trinajstić information content (AvgIpc) is 2.41. The largest absolute Gasteiger partial charge is 0.491 e. The Morgan fingerprint density at radius 2 is 2.10 bits per heavy atom. The molecule has 4 heteroatoms. The highest BCUT2D eigenvalue weighted by Gasteiger charge is 2.09. The molecule has 0 aliphatic carbocycles. The minimum atomic E-state index is -0.579. The predicted octanol–water partition coefficient (Wildman–Crippen LogP) is 2.29. The van der Waals surface area contributed by atoms with Crippen LogP contribution in [-0.4, -0.2) is 16.3 Å². The summed E-state index contributed by atoms with van der Waals surface area (Å²) >= 11 is 0. The molecule has 0 bridgehead atoms. The summed E-state index contributed by atoms with van der Waals surface area (Å²) in [4.78, 5) is 11.6. The third-order valence-electron chi connectivity index (χ3n) is 3.11. The number of aryl methyl sites for hydroxylation is 1. The van der Waals surface area contributed by atoms with Crippen LogP contribution in [0.3, 0.4) is 0 Å². The number of hydrogen-bond acceptors (Lipinski definition) is 3. The predicted molar refractivity (Wildman–Crippen MR) is 78.0 cm³/mol. The fourth-order valence-electron chi connectivity index (χ4n) is 2.01. The molecule has 2 aromatic rings. The number of ether oxygens (including phenoxy) is 1. The number of benzene rings is 1. The molecule has 0 unspecified atom stereocenters. The molecule has 20 heavy (non-hydrogen) atoms. The molecule has 0 amide bonds. The van der Waals surface area contributed by atoms with Gasteiger partial charge >= 0.3 is 0 Å². The summed E-state index contributed by atoms with van der Waals surface area (Å²) < 4.78 is 7.31. The van der Waals surface area contributed by atoms with Crippen LogP contribution in [0.2, 0.25) is 0 Å². The second-order valence-electron chi connectivity index (χ2n) is 4.80. The first-order valence-corrected chi connectivity index (χ1v) is 6.65. The summed E-state index contributed by atoms with van der Waals surface area (Å²) in [6.07, 6.45) is 1.15. The maximum Gasteiger partial charge on any atom is 0.250 e. The van der Waals surface area contributed by atoms with Gasteiger partial charge in [0.15, 0.2) is 0 Å². The van der Waals surface area contributed by atoms with Crippen LogP contribution < -0.4 is 10.3 Å². The molecule has 106 valence electrons. The minimum Gasteiger partial charge on any atom is -0.491 e. The van der Waals surface area contributed by atoms with Crippen LogP contribution in [0.4, 0.5) is 0 Å². The number of aliphatic hydroxyl groups excluding tert-OH is 1. The molecule has 0 radical (unpaired) electrons. The zero-order valence-electron chi connectivity index (χ0n) is 11.7. The molecule has 4 nitrogen and oxygen atoms in total. The van der Waals surface area contributed by atoms with Gasteiger partial charge in [-0.3, -0.25) is 4.79 Å². The quantitative estimate of drug-likeness (QED) is 0.909. The molecule has 1 aromatic carbocycles. The number of rotatable bonds is 5. The lowest BCUT2D eigenvalue weighted by molar-refractivity contribution is 0.190. The van der Waals surface area contributed by atoms with Crippen molar-refractivity contribution in [3.8, 4) is 5.75 Å². The molecule has 0 saturated carbocycles. The molecule has 0 saturated heterocycles. The summed E-state index contributed by atoms with van der Waals surface area (Å²) in [6, 6.07) is 10.8. The van der Waals surface area contributed by atoms with Crippen LogP contribution in [0.15, 0.2) is 47.4 Å². The van der Waals surface area contributed by atoms with Gasteiger partial charge in [-0.1, -0.05) is 18.2 Å². The Balaban J connectivity index is 2.06. The molecule has 2 rings (SSSR count). The van der Waals surface area contributed by atoms with E-state index in [-0.39, 0.29) is 5.56 Å². The van der Waals surface area contributed by atoms with Crippen LogP contribution in [0, 0.1) is 6.92 Å². The second kappa shape index (κ2) is 6.39. The number of aliphatic hydroxyl groups is 1.